The molecule has 0 radical (unpaired) electrons. The smallest absolute Gasteiger partial charge is 0.243 e. The largest absolute Gasteiger partial charge is 0.387 e. The van der Waals surface area contributed by atoms with E-state index in [9.17, 15) is 13.5 Å². The Kier molecular flexibility index (Phi) is 4.41. The van der Waals surface area contributed by atoms with E-state index in [4.69, 9.17) is 11.6 Å². The maximum Gasteiger partial charge on any atom is 0.243 e. The van der Waals surface area contributed by atoms with Crippen LogP contribution in [0.15, 0.2) is 29.2 Å². The van der Waals surface area contributed by atoms with Crippen molar-refractivity contribution in [2.24, 2.45) is 0 Å². The Bertz CT molecular complexity index is 574. The molecule has 7 heteroatoms. The summed E-state index contributed by atoms with van der Waals surface area (Å²) in [5.41, 5.74) is -0.983. The fourth-order valence-electron chi connectivity index (χ4n) is 2.50. The second-order valence-electron chi connectivity index (χ2n) is 5.50. The molecule has 112 valence electrons. The third-order valence-corrected chi connectivity index (χ3v) is 5.47. The molecule has 0 bridgehead atoms. The third kappa shape index (κ3) is 3.32. The highest BCUT2D eigenvalue weighted by molar-refractivity contribution is 7.89. The van der Waals surface area contributed by atoms with Crippen molar-refractivity contribution >= 4 is 21.6 Å². The fraction of sp³-hybridized carbons (Fsp3) is 0.538. The lowest BCUT2D eigenvalue weighted by molar-refractivity contribution is 0.0302. The predicted molar refractivity (Wildman–Crippen MR) is 78.3 cm³/mol. The molecule has 1 N–H and O–H groups in total. The average Bonchev–Trinajstić information content (AvgIpc) is 2.71. The molecule has 1 aromatic rings. The molecule has 0 aromatic heterocycles. The summed E-state index contributed by atoms with van der Waals surface area (Å²) >= 11 is 5.77. The van der Waals surface area contributed by atoms with Crippen molar-refractivity contribution < 1.29 is 13.5 Å². The molecule has 0 spiro atoms. The van der Waals surface area contributed by atoms with Crippen LogP contribution in [-0.4, -0.2) is 62.1 Å². The van der Waals surface area contributed by atoms with Crippen LogP contribution >= 0.6 is 11.6 Å². The molecule has 20 heavy (non-hydrogen) atoms. The topological polar surface area (TPSA) is 60.9 Å². The van der Waals surface area contributed by atoms with E-state index in [0.29, 0.717) is 24.5 Å². The standard InChI is InChI=1S/C13H19ClN2O3S/c1-15(2)9-13(17)7-8-16(10-13)20(18,19)12-5-3-11(14)4-6-12/h3-6,17H,7-10H2,1-2H3/t13-/m1/s1. The molecule has 5 nitrogen and oxygen atoms in total. The molecule has 1 fully saturated rings. The lowest BCUT2D eigenvalue weighted by Gasteiger charge is -2.26. The monoisotopic (exact) mass is 318 g/mol. The summed E-state index contributed by atoms with van der Waals surface area (Å²) in [7, 11) is 0.145. The van der Waals surface area contributed by atoms with Gasteiger partial charge < -0.3 is 10.0 Å². The Morgan fingerprint density at radius 1 is 1.35 bits per heavy atom. The summed E-state index contributed by atoms with van der Waals surface area (Å²) in [6, 6.07) is 6.08. The van der Waals surface area contributed by atoms with Crippen LogP contribution in [0.4, 0.5) is 0 Å². The lowest BCUT2D eigenvalue weighted by atomic mass is 10.0. The number of likely N-dealkylation sites (N-methyl/N-ethyl adjacent to an activating group) is 1. The molecule has 0 amide bonds. The quantitative estimate of drug-likeness (QED) is 0.900. The van der Waals surface area contributed by atoms with Crippen molar-refractivity contribution in [3.05, 3.63) is 29.3 Å². The number of aliphatic hydroxyl groups is 1. The van der Waals surface area contributed by atoms with Crippen LogP contribution in [0.3, 0.4) is 0 Å². The van der Waals surface area contributed by atoms with Gasteiger partial charge >= 0.3 is 0 Å². The summed E-state index contributed by atoms with van der Waals surface area (Å²) in [5, 5.41) is 10.9. The molecule has 1 aliphatic heterocycles. The molecule has 1 heterocycles. The van der Waals surface area contributed by atoms with Gasteiger partial charge in [-0.25, -0.2) is 8.42 Å². The third-order valence-electron chi connectivity index (χ3n) is 3.36. The molecular formula is C13H19ClN2O3S. The first-order valence-corrected chi connectivity index (χ1v) is 8.18. The highest BCUT2D eigenvalue weighted by Gasteiger charge is 2.41. The van der Waals surface area contributed by atoms with Crippen molar-refractivity contribution in [3.63, 3.8) is 0 Å². The molecular weight excluding hydrogens is 300 g/mol. The van der Waals surface area contributed by atoms with E-state index in [0.717, 1.165) is 0 Å². The van der Waals surface area contributed by atoms with E-state index in [1.807, 2.05) is 19.0 Å². The van der Waals surface area contributed by atoms with Crippen LogP contribution in [-0.2, 0) is 10.0 Å². The molecule has 1 aliphatic rings. The number of nitrogens with zero attached hydrogens (tertiary/aromatic N) is 2. The SMILES string of the molecule is CN(C)C[C@]1(O)CCN(S(=O)(=O)c2ccc(Cl)cc2)C1. The number of β-amino-alcohol motifs (C(OH)–C–C–N with tert-alkyl or cyclic N) is 1. The van der Waals surface area contributed by atoms with Gasteiger partial charge in [0.1, 0.15) is 0 Å². The van der Waals surface area contributed by atoms with E-state index in [-0.39, 0.29) is 11.4 Å². The van der Waals surface area contributed by atoms with E-state index in [2.05, 4.69) is 0 Å². The first-order chi connectivity index (χ1) is 9.23. The summed E-state index contributed by atoms with van der Waals surface area (Å²) in [5.74, 6) is 0. The first-order valence-electron chi connectivity index (χ1n) is 6.36. The van der Waals surface area contributed by atoms with Gasteiger partial charge in [0, 0.05) is 24.7 Å². The van der Waals surface area contributed by atoms with E-state index < -0.39 is 15.6 Å². The molecule has 0 unspecified atom stereocenters. The number of hydrogen-bond donors (Lipinski definition) is 1. The number of sulfonamides is 1. The second-order valence-corrected chi connectivity index (χ2v) is 7.88. The van der Waals surface area contributed by atoms with E-state index in [1.165, 1.54) is 16.4 Å². The van der Waals surface area contributed by atoms with Gasteiger partial charge in [0.25, 0.3) is 0 Å². The number of halogens is 1. The first kappa shape index (κ1) is 15.7. The van der Waals surface area contributed by atoms with Gasteiger partial charge in [-0.3, -0.25) is 0 Å². The molecule has 0 aliphatic carbocycles. The number of rotatable bonds is 4. The normalized spacial score (nSPS) is 24.4. The summed E-state index contributed by atoms with van der Waals surface area (Å²) in [6.07, 6.45) is 0.442. The van der Waals surface area contributed by atoms with Crippen molar-refractivity contribution in [3.8, 4) is 0 Å². The van der Waals surface area contributed by atoms with Gasteiger partial charge in [-0.05, 0) is 44.8 Å². The fourth-order valence-corrected chi connectivity index (χ4v) is 4.14. The Morgan fingerprint density at radius 3 is 2.50 bits per heavy atom. The summed E-state index contributed by atoms with van der Waals surface area (Å²) in [4.78, 5) is 2.06. The molecule has 1 atom stereocenters. The minimum Gasteiger partial charge on any atom is -0.387 e. The van der Waals surface area contributed by atoms with Crippen LogP contribution in [0.5, 0.6) is 0 Å². The Labute approximate surface area is 124 Å². The van der Waals surface area contributed by atoms with Crippen LogP contribution < -0.4 is 0 Å². The maximum absolute atomic E-state index is 12.5. The Hall–Kier alpha value is -0.660. The van der Waals surface area contributed by atoms with Gasteiger partial charge in [-0.2, -0.15) is 4.31 Å². The van der Waals surface area contributed by atoms with Gasteiger partial charge in [0.2, 0.25) is 10.0 Å². The molecule has 2 rings (SSSR count). The Balaban J connectivity index is 2.18. The van der Waals surface area contributed by atoms with Crippen LogP contribution in [0.1, 0.15) is 6.42 Å². The van der Waals surface area contributed by atoms with Gasteiger partial charge in [0.05, 0.1) is 10.5 Å². The van der Waals surface area contributed by atoms with Crippen LogP contribution in [0.2, 0.25) is 5.02 Å². The molecule has 1 saturated heterocycles. The van der Waals surface area contributed by atoms with Crippen molar-refractivity contribution in [1.82, 2.24) is 9.21 Å². The van der Waals surface area contributed by atoms with Crippen molar-refractivity contribution in [2.75, 3.05) is 33.7 Å². The van der Waals surface area contributed by atoms with Gasteiger partial charge in [-0.1, -0.05) is 11.6 Å². The maximum atomic E-state index is 12.5. The van der Waals surface area contributed by atoms with Gasteiger partial charge in [0.15, 0.2) is 0 Å². The summed E-state index contributed by atoms with van der Waals surface area (Å²) in [6.45, 7) is 0.894. The van der Waals surface area contributed by atoms with Crippen molar-refractivity contribution in [2.45, 2.75) is 16.9 Å². The van der Waals surface area contributed by atoms with Crippen LogP contribution in [0, 0.1) is 0 Å². The van der Waals surface area contributed by atoms with Gasteiger partial charge in [-0.15, -0.1) is 0 Å². The second kappa shape index (κ2) is 5.61. The number of benzene rings is 1. The lowest BCUT2D eigenvalue weighted by Crippen LogP contribution is -2.43. The minimum absolute atomic E-state index is 0.121. The molecule has 0 saturated carbocycles. The minimum atomic E-state index is -3.57. The Morgan fingerprint density at radius 2 is 1.95 bits per heavy atom. The molecule has 1 aromatic carbocycles. The average molecular weight is 319 g/mol. The zero-order valence-electron chi connectivity index (χ0n) is 11.6. The van der Waals surface area contributed by atoms with Crippen LogP contribution in [0.25, 0.3) is 0 Å². The van der Waals surface area contributed by atoms with E-state index >= 15 is 0 Å². The van der Waals surface area contributed by atoms with E-state index in [1.54, 1.807) is 12.1 Å². The highest BCUT2D eigenvalue weighted by atomic mass is 35.5. The van der Waals surface area contributed by atoms with Crippen molar-refractivity contribution in [1.29, 1.82) is 0 Å². The predicted octanol–water partition coefficient (Wildman–Crippen LogP) is 1.03. The summed E-state index contributed by atoms with van der Waals surface area (Å²) < 4.78 is 26.3. The zero-order chi connectivity index (χ0) is 15.0. The highest BCUT2D eigenvalue weighted by Crippen LogP contribution is 2.28. The zero-order valence-corrected chi connectivity index (χ0v) is 13.2. The number of hydrogen-bond acceptors (Lipinski definition) is 4.